The number of hydrogen-bond donors (Lipinski definition) is 1. The molecule has 0 aliphatic rings. The summed E-state index contributed by atoms with van der Waals surface area (Å²) in [5.41, 5.74) is 1.11. The molecule has 3 nitrogen and oxygen atoms in total. The van der Waals surface area contributed by atoms with E-state index in [1.807, 2.05) is 58.0 Å². The summed E-state index contributed by atoms with van der Waals surface area (Å²) in [6.07, 6.45) is -0.682. The molecule has 0 radical (unpaired) electrons. The van der Waals surface area contributed by atoms with Gasteiger partial charge in [-0.25, -0.2) is 0 Å². The minimum Gasteiger partial charge on any atom is -0.392 e. The highest BCUT2D eigenvalue weighted by Gasteiger charge is 2.30. The number of aliphatic hydroxyl groups excluding tert-OH is 1. The van der Waals surface area contributed by atoms with Crippen molar-refractivity contribution in [3.63, 3.8) is 0 Å². The first-order valence-electron chi connectivity index (χ1n) is 7.73. The molecule has 124 valence electrons. The van der Waals surface area contributed by atoms with Crippen LogP contribution in [0, 0.1) is 11.8 Å². The molecule has 1 aromatic rings. The van der Waals surface area contributed by atoms with E-state index in [9.17, 15) is 9.90 Å². The first-order chi connectivity index (χ1) is 10.2. The largest absolute Gasteiger partial charge is 0.392 e. The lowest BCUT2D eigenvalue weighted by Crippen LogP contribution is -2.33. The molecule has 0 amide bonds. The van der Waals surface area contributed by atoms with Gasteiger partial charge < -0.3 is 9.84 Å². The van der Waals surface area contributed by atoms with Crippen LogP contribution in [-0.2, 0) is 16.1 Å². The Kier molecular flexibility index (Phi) is 7.60. The van der Waals surface area contributed by atoms with Gasteiger partial charge in [0.2, 0.25) is 0 Å². The highest BCUT2D eigenvalue weighted by molar-refractivity contribution is 8.14. The Morgan fingerprint density at radius 1 is 1.23 bits per heavy atom. The second-order valence-electron chi connectivity index (χ2n) is 6.79. The summed E-state index contributed by atoms with van der Waals surface area (Å²) in [5, 5.41) is 10.4. The summed E-state index contributed by atoms with van der Waals surface area (Å²) in [7, 11) is 0. The summed E-state index contributed by atoms with van der Waals surface area (Å²) in [6, 6.07) is 9.93. The lowest BCUT2D eigenvalue weighted by molar-refractivity contribution is -0.118. The molecule has 0 bridgehead atoms. The van der Waals surface area contributed by atoms with E-state index in [0.29, 0.717) is 13.2 Å². The molecular weight excluding hydrogens is 296 g/mol. The van der Waals surface area contributed by atoms with E-state index in [4.69, 9.17) is 4.74 Å². The number of carbonyl (C=O) groups is 1. The van der Waals surface area contributed by atoms with Crippen LogP contribution in [-0.4, -0.2) is 27.7 Å². The van der Waals surface area contributed by atoms with Gasteiger partial charge in [-0.1, -0.05) is 76.7 Å². The molecule has 1 rings (SSSR count). The number of rotatable bonds is 7. The molecule has 4 heteroatoms. The molecule has 3 atom stereocenters. The third-order valence-electron chi connectivity index (χ3n) is 3.37. The van der Waals surface area contributed by atoms with Gasteiger partial charge >= 0.3 is 0 Å². The van der Waals surface area contributed by atoms with Gasteiger partial charge in [-0.2, -0.15) is 0 Å². The van der Waals surface area contributed by atoms with Crippen LogP contribution in [0.25, 0.3) is 0 Å². The first-order valence-corrected chi connectivity index (χ1v) is 8.55. The highest BCUT2D eigenvalue weighted by atomic mass is 32.2. The second-order valence-corrected chi connectivity index (χ2v) is 8.62. The summed E-state index contributed by atoms with van der Waals surface area (Å²) < 4.78 is 5.53. The average molecular weight is 324 g/mol. The lowest BCUT2D eigenvalue weighted by Gasteiger charge is -2.26. The van der Waals surface area contributed by atoms with Crippen molar-refractivity contribution in [2.75, 3.05) is 6.61 Å². The van der Waals surface area contributed by atoms with Crippen LogP contribution in [0.5, 0.6) is 0 Å². The average Bonchev–Trinajstić information content (AvgIpc) is 2.44. The topological polar surface area (TPSA) is 46.5 Å². The molecule has 0 aromatic heterocycles. The van der Waals surface area contributed by atoms with E-state index in [1.54, 1.807) is 6.92 Å². The van der Waals surface area contributed by atoms with E-state index in [1.165, 1.54) is 11.8 Å². The quantitative estimate of drug-likeness (QED) is 0.826. The van der Waals surface area contributed by atoms with Gasteiger partial charge in [-0.05, 0) is 5.56 Å². The molecule has 0 fully saturated rings. The lowest BCUT2D eigenvalue weighted by atomic mass is 9.95. The Morgan fingerprint density at radius 3 is 2.36 bits per heavy atom. The molecule has 0 saturated heterocycles. The van der Waals surface area contributed by atoms with E-state index in [0.717, 1.165) is 5.56 Å². The summed E-state index contributed by atoms with van der Waals surface area (Å²) >= 11 is 1.29. The maximum atomic E-state index is 12.2. The predicted octanol–water partition coefficient (Wildman–Crippen LogP) is 3.89. The first kappa shape index (κ1) is 19.2. The molecular formula is C18H28O3S. The molecule has 22 heavy (non-hydrogen) atoms. The number of hydrogen-bond acceptors (Lipinski definition) is 4. The van der Waals surface area contributed by atoms with Crippen LogP contribution in [0.2, 0.25) is 0 Å². The summed E-state index contributed by atoms with van der Waals surface area (Å²) in [5.74, 6) is -0.470. The van der Waals surface area contributed by atoms with Crippen molar-refractivity contribution in [3.05, 3.63) is 35.9 Å². The third-order valence-corrected chi connectivity index (χ3v) is 4.55. The number of ether oxygens (including phenoxy) is 1. The zero-order chi connectivity index (χ0) is 16.8. The van der Waals surface area contributed by atoms with Gasteiger partial charge in [0.25, 0.3) is 0 Å². The van der Waals surface area contributed by atoms with Crippen LogP contribution in [0.15, 0.2) is 30.3 Å². The smallest absolute Gasteiger partial charge is 0.194 e. The molecule has 0 spiro atoms. The van der Waals surface area contributed by atoms with Gasteiger partial charge in [0, 0.05) is 10.7 Å². The molecule has 0 unspecified atom stereocenters. The maximum absolute atomic E-state index is 12.2. The fourth-order valence-electron chi connectivity index (χ4n) is 2.06. The number of aliphatic hydroxyl groups is 1. The zero-order valence-corrected chi connectivity index (χ0v) is 15.0. The van der Waals surface area contributed by atoms with Gasteiger partial charge in [0.05, 0.1) is 25.2 Å². The van der Waals surface area contributed by atoms with Crippen molar-refractivity contribution in [2.24, 2.45) is 11.8 Å². The van der Waals surface area contributed by atoms with Gasteiger partial charge in [0.1, 0.15) is 0 Å². The molecule has 0 aliphatic carbocycles. The van der Waals surface area contributed by atoms with Crippen molar-refractivity contribution in [1.82, 2.24) is 0 Å². The van der Waals surface area contributed by atoms with Crippen molar-refractivity contribution in [1.29, 1.82) is 0 Å². The minimum atomic E-state index is -0.682. The fourth-order valence-corrected chi connectivity index (χ4v) is 2.99. The van der Waals surface area contributed by atoms with Crippen LogP contribution in [0.1, 0.15) is 40.2 Å². The molecule has 0 heterocycles. The Bertz CT molecular complexity index is 453. The number of benzene rings is 1. The van der Waals surface area contributed by atoms with E-state index in [-0.39, 0.29) is 21.7 Å². The molecule has 0 aliphatic heterocycles. The fraction of sp³-hybridized carbons (Fsp3) is 0.611. The van der Waals surface area contributed by atoms with Crippen molar-refractivity contribution in [2.45, 2.75) is 52.1 Å². The Balaban J connectivity index is 2.40. The minimum absolute atomic E-state index is 0.0370. The van der Waals surface area contributed by atoms with Gasteiger partial charge in [0.15, 0.2) is 5.12 Å². The van der Waals surface area contributed by atoms with Crippen molar-refractivity contribution < 1.29 is 14.6 Å². The normalized spacial score (nSPS) is 16.1. The summed E-state index contributed by atoms with van der Waals surface area (Å²) in [6.45, 7) is 10.7. The Labute approximate surface area is 138 Å². The molecule has 1 aromatic carbocycles. The summed E-state index contributed by atoms with van der Waals surface area (Å²) in [4.78, 5) is 12.2. The zero-order valence-electron chi connectivity index (χ0n) is 14.2. The Hall–Kier alpha value is -0.840. The molecule has 1 N–H and O–H groups in total. The van der Waals surface area contributed by atoms with E-state index in [2.05, 4.69) is 0 Å². The van der Waals surface area contributed by atoms with Crippen LogP contribution in [0.3, 0.4) is 0 Å². The van der Waals surface area contributed by atoms with Crippen LogP contribution >= 0.6 is 11.8 Å². The second kappa shape index (κ2) is 8.70. The maximum Gasteiger partial charge on any atom is 0.194 e. The van der Waals surface area contributed by atoms with E-state index >= 15 is 0 Å². The third kappa shape index (κ3) is 6.95. The van der Waals surface area contributed by atoms with Gasteiger partial charge in [-0.3, -0.25) is 4.79 Å². The highest BCUT2D eigenvalue weighted by Crippen LogP contribution is 2.29. The van der Waals surface area contributed by atoms with Crippen molar-refractivity contribution in [3.8, 4) is 0 Å². The number of thioether (sulfide) groups is 1. The van der Waals surface area contributed by atoms with Crippen molar-refractivity contribution >= 4 is 16.9 Å². The standard InChI is InChI=1S/C18H28O3S/c1-13(11-21-12-15-9-7-6-8-10-15)16(19)14(2)17(20)22-18(3,4)5/h6-10,13-14,16,19H,11-12H2,1-5H3/t13-,14+,16-/m0/s1. The van der Waals surface area contributed by atoms with E-state index < -0.39 is 6.10 Å². The monoisotopic (exact) mass is 324 g/mol. The van der Waals surface area contributed by atoms with Crippen LogP contribution in [0.4, 0.5) is 0 Å². The SMILES string of the molecule is C[C@@H](COCc1ccccc1)[C@H](O)[C@@H](C)C(=O)SC(C)(C)C. The molecule has 0 saturated carbocycles. The van der Waals surface area contributed by atoms with Gasteiger partial charge in [-0.15, -0.1) is 0 Å². The number of carbonyl (C=O) groups excluding carboxylic acids is 1. The predicted molar refractivity (Wildman–Crippen MR) is 92.8 cm³/mol. The Morgan fingerprint density at radius 2 is 1.82 bits per heavy atom. The van der Waals surface area contributed by atoms with Crippen LogP contribution < -0.4 is 0 Å².